The lowest BCUT2D eigenvalue weighted by molar-refractivity contribution is -0.136. The third-order valence-electron chi connectivity index (χ3n) is 6.26. The highest BCUT2D eigenvalue weighted by atomic mass is 19.1. The van der Waals surface area contributed by atoms with Gasteiger partial charge >= 0.3 is 0 Å². The molecule has 0 aliphatic carbocycles. The lowest BCUT2D eigenvalue weighted by atomic mass is 9.88. The van der Waals surface area contributed by atoms with E-state index in [-0.39, 0.29) is 12.3 Å². The van der Waals surface area contributed by atoms with Crippen molar-refractivity contribution in [2.75, 3.05) is 4.90 Å². The average Bonchev–Trinajstić information content (AvgIpc) is 3.08. The van der Waals surface area contributed by atoms with Crippen LogP contribution in [0.3, 0.4) is 0 Å². The zero-order valence-electron chi connectivity index (χ0n) is 18.3. The first-order chi connectivity index (χ1) is 16.5. The van der Waals surface area contributed by atoms with Gasteiger partial charge in [-0.05, 0) is 23.3 Å². The number of hydrogen-bond donors (Lipinski definition) is 1. The van der Waals surface area contributed by atoms with Gasteiger partial charge in [-0.2, -0.15) is 0 Å². The van der Waals surface area contributed by atoms with Crippen molar-refractivity contribution in [2.45, 2.75) is 18.6 Å². The quantitative estimate of drug-likeness (QED) is 0.394. The Bertz CT molecular complexity index is 1370. The SMILES string of the molecule is O=C(C[C@@]1(O)C(=O)N(Cc2ccccc2F)c2ccccc21)c1ccc(-c2ccccc2)cc1. The zero-order chi connectivity index (χ0) is 23.7. The molecule has 4 nitrogen and oxygen atoms in total. The van der Waals surface area contributed by atoms with Gasteiger partial charge in [-0.3, -0.25) is 9.59 Å². The minimum Gasteiger partial charge on any atom is -0.375 e. The van der Waals surface area contributed by atoms with Crippen LogP contribution in [0.25, 0.3) is 11.1 Å². The number of anilines is 1. The number of benzene rings is 4. The fourth-order valence-corrected chi connectivity index (χ4v) is 4.44. The van der Waals surface area contributed by atoms with Gasteiger partial charge in [0.25, 0.3) is 5.91 Å². The molecule has 0 bridgehead atoms. The number of aliphatic hydroxyl groups is 1. The average molecular weight is 451 g/mol. The summed E-state index contributed by atoms with van der Waals surface area (Å²) in [6.45, 7) is -0.0369. The highest BCUT2D eigenvalue weighted by molar-refractivity contribution is 6.10. The van der Waals surface area contributed by atoms with E-state index in [2.05, 4.69) is 0 Å². The molecule has 5 heteroatoms. The number of para-hydroxylation sites is 1. The molecule has 0 radical (unpaired) electrons. The summed E-state index contributed by atoms with van der Waals surface area (Å²) < 4.78 is 14.3. The van der Waals surface area contributed by atoms with E-state index >= 15 is 0 Å². The smallest absolute Gasteiger partial charge is 0.264 e. The fraction of sp³-hybridized carbons (Fsp3) is 0.103. The van der Waals surface area contributed by atoms with Crippen molar-refractivity contribution in [3.8, 4) is 11.1 Å². The van der Waals surface area contributed by atoms with Crippen molar-refractivity contribution in [2.24, 2.45) is 0 Å². The molecule has 4 aromatic carbocycles. The van der Waals surface area contributed by atoms with Crippen molar-refractivity contribution in [1.82, 2.24) is 0 Å². The summed E-state index contributed by atoms with van der Waals surface area (Å²) >= 11 is 0. The molecular formula is C29H22FNO3. The van der Waals surface area contributed by atoms with Crippen LogP contribution >= 0.6 is 0 Å². The first kappa shape index (κ1) is 21.7. The second-order valence-corrected chi connectivity index (χ2v) is 8.40. The molecule has 0 saturated carbocycles. The molecule has 0 spiro atoms. The van der Waals surface area contributed by atoms with Crippen molar-refractivity contribution in [3.05, 3.63) is 126 Å². The zero-order valence-corrected chi connectivity index (χ0v) is 18.3. The van der Waals surface area contributed by atoms with Crippen LogP contribution in [-0.4, -0.2) is 16.8 Å². The van der Waals surface area contributed by atoms with Crippen molar-refractivity contribution >= 4 is 17.4 Å². The van der Waals surface area contributed by atoms with Crippen LogP contribution in [0.4, 0.5) is 10.1 Å². The lowest BCUT2D eigenvalue weighted by Gasteiger charge is -2.23. The first-order valence-corrected chi connectivity index (χ1v) is 11.0. The van der Waals surface area contributed by atoms with Crippen molar-refractivity contribution in [3.63, 3.8) is 0 Å². The number of Topliss-reactive ketones (excluding diaryl/α,β-unsaturated/α-hetero) is 1. The van der Waals surface area contributed by atoms with E-state index in [1.165, 1.54) is 11.0 Å². The molecule has 0 saturated heterocycles. The van der Waals surface area contributed by atoms with E-state index in [0.29, 0.717) is 22.4 Å². The molecule has 4 aromatic rings. The summed E-state index contributed by atoms with van der Waals surface area (Å²) in [5, 5.41) is 11.5. The number of amides is 1. The molecule has 1 amide bonds. The summed E-state index contributed by atoms with van der Waals surface area (Å²) in [5.41, 5.74) is 1.55. The van der Waals surface area contributed by atoms with E-state index in [0.717, 1.165) is 11.1 Å². The number of halogens is 1. The lowest BCUT2D eigenvalue weighted by Crippen LogP contribution is -2.41. The van der Waals surface area contributed by atoms with E-state index in [4.69, 9.17) is 0 Å². The number of hydrogen-bond acceptors (Lipinski definition) is 3. The van der Waals surface area contributed by atoms with Crippen LogP contribution in [0.5, 0.6) is 0 Å². The number of carbonyl (C=O) groups excluding carboxylic acids is 2. The maximum absolute atomic E-state index is 14.3. The van der Waals surface area contributed by atoms with Gasteiger partial charge in [-0.1, -0.05) is 91.0 Å². The van der Waals surface area contributed by atoms with Gasteiger partial charge in [-0.25, -0.2) is 4.39 Å². The van der Waals surface area contributed by atoms with Gasteiger partial charge in [0, 0.05) is 16.7 Å². The topological polar surface area (TPSA) is 57.6 Å². The predicted molar refractivity (Wildman–Crippen MR) is 129 cm³/mol. The Balaban J connectivity index is 1.42. The Labute approximate surface area is 196 Å². The van der Waals surface area contributed by atoms with Crippen LogP contribution in [0.1, 0.15) is 27.9 Å². The highest BCUT2D eigenvalue weighted by Crippen LogP contribution is 2.43. The standard InChI is InChI=1S/C29H22FNO3/c30-25-12-6-4-10-23(25)19-31-26-13-7-5-11-24(26)29(34,28(31)33)18-27(32)22-16-14-21(15-17-22)20-8-2-1-3-9-20/h1-17,34H,18-19H2/t29-/m0/s1. The molecule has 0 fully saturated rings. The van der Waals surface area contributed by atoms with Crippen LogP contribution in [0.15, 0.2) is 103 Å². The number of carbonyl (C=O) groups is 2. The summed E-state index contributed by atoms with van der Waals surface area (Å²) in [7, 11) is 0. The Morgan fingerprint density at radius 2 is 1.41 bits per heavy atom. The predicted octanol–water partition coefficient (Wildman–Crippen LogP) is 5.50. The van der Waals surface area contributed by atoms with Crippen molar-refractivity contribution in [1.29, 1.82) is 0 Å². The maximum atomic E-state index is 14.3. The van der Waals surface area contributed by atoms with Crippen LogP contribution in [0, 0.1) is 5.82 Å². The number of ketones is 1. The molecule has 1 aliphatic heterocycles. The van der Waals surface area contributed by atoms with Gasteiger partial charge < -0.3 is 10.0 Å². The monoisotopic (exact) mass is 451 g/mol. The highest BCUT2D eigenvalue weighted by Gasteiger charge is 2.50. The second kappa shape index (κ2) is 8.69. The van der Waals surface area contributed by atoms with E-state index in [1.54, 1.807) is 54.6 Å². The number of rotatable bonds is 6. The Hall–Kier alpha value is -4.09. The summed E-state index contributed by atoms with van der Waals surface area (Å²) in [6, 6.07) is 29.9. The number of nitrogens with zero attached hydrogens (tertiary/aromatic N) is 1. The minimum absolute atomic E-state index is 0.0369. The Morgan fingerprint density at radius 3 is 2.15 bits per heavy atom. The largest absolute Gasteiger partial charge is 0.375 e. The third kappa shape index (κ3) is 3.80. The Kier molecular flexibility index (Phi) is 5.56. The molecule has 0 aromatic heterocycles. The first-order valence-electron chi connectivity index (χ1n) is 11.0. The molecule has 1 aliphatic rings. The second-order valence-electron chi connectivity index (χ2n) is 8.40. The van der Waals surface area contributed by atoms with Crippen molar-refractivity contribution < 1.29 is 19.1 Å². The van der Waals surface area contributed by atoms with Crippen LogP contribution in [0.2, 0.25) is 0 Å². The summed E-state index contributed by atoms with van der Waals surface area (Å²) in [6.07, 6.45) is -0.401. The summed E-state index contributed by atoms with van der Waals surface area (Å²) in [5.74, 6) is -1.41. The molecule has 1 heterocycles. The van der Waals surface area contributed by atoms with Gasteiger partial charge in [0.2, 0.25) is 0 Å². The number of fused-ring (bicyclic) bond motifs is 1. The van der Waals surface area contributed by atoms with Gasteiger partial charge in [-0.15, -0.1) is 0 Å². The van der Waals surface area contributed by atoms with Gasteiger partial charge in [0.1, 0.15) is 5.82 Å². The third-order valence-corrected chi connectivity index (χ3v) is 6.26. The molecule has 168 valence electrons. The Morgan fingerprint density at radius 1 is 0.794 bits per heavy atom. The molecular weight excluding hydrogens is 429 g/mol. The van der Waals surface area contributed by atoms with E-state index in [1.807, 2.05) is 42.5 Å². The molecule has 0 unspecified atom stereocenters. The maximum Gasteiger partial charge on any atom is 0.264 e. The molecule has 1 N–H and O–H groups in total. The van der Waals surface area contributed by atoms with E-state index in [9.17, 15) is 19.1 Å². The summed E-state index contributed by atoms with van der Waals surface area (Å²) in [4.78, 5) is 27.9. The normalized spacial score (nSPS) is 17.0. The minimum atomic E-state index is -2.02. The molecule has 5 rings (SSSR count). The van der Waals surface area contributed by atoms with Gasteiger partial charge in [0.15, 0.2) is 11.4 Å². The van der Waals surface area contributed by atoms with Gasteiger partial charge in [0.05, 0.1) is 18.7 Å². The fourth-order valence-electron chi connectivity index (χ4n) is 4.44. The van der Waals surface area contributed by atoms with Crippen LogP contribution < -0.4 is 4.90 Å². The van der Waals surface area contributed by atoms with Crippen LogP contribution in [-0.2, 0) is 16.9 Å². The molecule has 34 heavy (non-hydrogen) atoms. The van der Waals surface area contributed by atoms with E-state index < -0.39 is 23.7 Å². The molecule has 1 atom stereocenters.